The van der Waals surface area contributed by atoms with Gasteiger partial charge in [0.1, 0.15) is 19.0 Å². The van der Waals surface area contributed by atoms with E-state index in [0.717, 1.165) is 21.5 Å². The van der Waals surface area contributed by atoms with Crippen molar-refractivity contribution in [1.82, 2.24) is 5.32 Å². The maximum atomic E-state index is 12.1. The van der Waals surface area contributed by atoms with Gasteiger partial charge in [0.25, 0.3) is 0 Å². The molecule has 0 aliphatic carbocycles. The Morgan fingerprint density at radius 2 is 2.04 bits per heavy atom. The van der Waals surface area contributed by atoms with Crippen molar-refractivity contribution in [3.63, 3.8) is 0 Å². The van der Waals surface area contributed by atoms with Gasteiger partial charge in [-0.2, -0.15) is 0 Å². The predicted molar refractivity (Wildman–Crippen MR) is 88.7 cm³/mol. The molecule has 0 saturated heterocycles. The Bertz CT molecular complexity index is 684. The highest BCUT2D eigenvalue weighted by Gasteiger charge is 2.19. The zero-order valence-corrected chi connectivity index (χ0v) is 14.4. The summed E-state index contributed by atoms with van der Waals surface area (Å²) < 4.78 is 17.3. The molecule has 23 heavy (non-hydrogen) atoms. The first-order valence-electron chi connectivity index (χ1n) is 7.54. The number of rotatable bonds is 5. The van der Waals surface area contributed by atoms with Gasteiger partial charge in [0.15, 0.2) is 11.5 Å². The molecule has 1 N–H and O–H groups in total. The van der Waals surface area contributed by atoms with Crippen molar-refractivity contribution in [3.8, 4) is 11.5 Å². The number of amides is 1. The molecule has 5 nitrogen and oxygen atoms in total. The molecule has 0 saturated carbocycles. The molecule has 6 heteroatoms. The zero-order chi connectivity index (χ0) is 16.2. The summed E-state index contributed by atoms with van der Waals surface area (Å²) in [5.41, 5.74) is 0.959. The summed E-state index contributed by atoms with van der Waals surface area (Å²) in [5.74, 6) is 2.23. The van der Waals surface area contributed by atoms with Crippen LogP contribution < -0.4 is 14.8 Å². The van der Waals surface area contributed by atoms with Crippen LogP contribution in [0, 0.1) is 0 Å². The van der Waals surface area contributed by atoms with E-state index in [1.807, 2.05) is 31.2 Å². The molecular weight excluding hydrogens is 362 g/mol. The molecule has 1 amide bonds. The van der Waals surface area contributed by atoms with Crippen molar-refractivity contribution in [1.29, 1.82) is 0 Å². The largest absolute Gasteiger partial charge is 0.486 e. The zero-order valence-electron chi connectivity index (χ0n) is 12.8. The lowest BCUT2D eigenvalue weighted by atomic mass is 10.1. The quantitative estimate of drug-likeness (QED) is 0.861. The number of fused-ring (bicyclic) bond motifs is 1. The van der Waals surface area contributed by atoms with E-state index in [2.05, 4.69) is 21.2 Å². The number of ether oxygens (including phenoxy) is 2. The normalized spacial score (nSPS) is 14.3. The van der Waals surface area contributed by atoms with Gasteiger partial charge in [-0.1, -0.05) is 15.9 Å². The first-order chi connectivity index (χ1) is 11.1. The summed E-state index contributed by atoms with van der Waals surface area (Å²) in [6.45, 7) is 3.04. The van der Waals surface area contributed by atoms with Crippen LogP contribution in [-0.4, -0.2) is 19.1 Å². The van der Waals surface area contributed by atoms with Crippen molar-refractivity contribution in [3.05, 3.63) is 46.3 Å². The summed E-state index contributed by atoms with van der Waals surface area (Å²) in [4.78, 5) is 12.1. The molecule has 0 fully saturated rings. The third-order valence-corrected chi connectivity index (χ3v) is 4.37. The molecule has 0 bridgehead atoms. The van der Waals surface area contributed by atoms with Crippen molar-refractivity contribution in [2.45, 2.75) is 25.8 Å². The van der Waals surface area contributed by atoms with Gasteiger partial charge in [-0.15, -0.1) is 0 Å². The maximum absolute atomic E-state index is 12.1. The number of carbonyl (C=O) groups is 1. The van der Waals surface area contributed by atoms with Crippen LogP contribution in [0.3, 0.4) is 0 Å². The highest BCUT2D eigenvalue weighted by molar-refractivity contribution is 9.10. The van der Waals surface area contributed by atoms with Crippen molar-refractivity contribution >= 4 is 21.8 Å². The Morgan fingerprint density at radius 1 is 1.30 bits per heavy atom. The number of halogens is 1. The van der Waals surface area contributed by atoms with E-state index in [1.54, 1.807) is 6.26 Å². The van der Waals surface area contributed by atoms with Gasteiger partial charge >= 0.3 is 0 Å². The van der Waals surface area contributed by atoms with Crippen LogP contribution in [0.2, 0.25) is 0 Å². The highest BCUT2D eigenvalue weighted by atomic mass is 79.9. The van der Waals surface area contributed by atoms with Crippen LogP contribution >= 0.6 is 15.9 Å². The molecule has 2 aromatic rings. The van der Waals surface area contributed by atoms with Crippen molar-refractivity contribution in [2.24, 2.45) is 0 Å². The van der Waals surface area contributed by atoms with Gasteiger partial charge < -0.3 is 19.2 Å². The van der Waals surface area contributed by atoms with Crippen LogP contribution in [-0.2, 0) is 11.2 Å². The Balaban J connectivity index is 1.63. The predicted octanol–water partition coefficient (Wildman–Crippen LogP) is 3.62. The standard InChI is InChI=1S/C17H18BrNO4/c1-11(19-17(20)5-4-12-3-2-6-21-12)13-9-15-16(10-14(13)18)23-8-7-22-15/h2-3,6,9-11H,4-5,7-8H2,1H3,(H,19,20). The minimum absolute atomic E-state index is 0.0179. The lowest BCUT2D eigenvalue weighted by Crippen LogP contribution is -2.27. The number of benzene rings is 1. The number of furan rings is 1. The number of hydrogen-bond donors (Lipinski definition) is 1. The van der Waals surface area contributed by atoms with E-state index in [1.165, 1.54) is 0 Å². The SMILES string of the molecule is CC(NC(=O)CCc1ccco1)c1cc2c(cc1Br)OCCO2. The Hall–Kier alpha value is -1.95. The minimum atomic E-state index is -0.135. The molecule has 1 aliphatic rings. The fourth-order valence-corrected chi connectivity index (χ4v) is 3.16. The highest BCUT2D eigenvalue weighted by Crippen LogP contribution is 2.37. The van der Waals surface area contributed by atoms with E-state index in [0.29, 0.717) is 31.8 Å². The second kappa shape index (κ2) is 7.08. The van der Waals surface area contributed by atoms with Gasteiger partial charge in [-0.05, 0) is 36.8 Å². The summed E-state index contributed by atoms with van der Waals surface area (Å²) in [6, 6.07) is 7.35. The van der Waals surface area contributed by atoms with Gasteiger partial charge in [0.2, 0.25) is 5.91 Å². The van der Waals surface area contributed by atoms with E-state index in [-0.39, 0.29) is 11.9 Å². The van der Waals surface area contributed by atoms with Crippen LogP contribution in [0.1, 0.15) is 30.7 Å². The smallest absolute Gasteiger partial charge is 0.220 e. The monoisotopic (exact) mass is 379 g/mol. The second-order valence-corrected chi connectivity index (χ2v) is 6.24. The average molecular weight is 380 g/mol. The number of carbonyl (C=O) groups excluding carboxylic acids is 1. The molecule has 2 heterocycles. The first kappa shape index (κ1) is 15.9. The Labute approximate surface area is 143 Å². The Kier molecular flexibility index (Phi) is 4.91. The number of hydrogen-bond acceptors (Lipinski definition) is 4. The van der Waals surface area contributed by atoms with Crippen LogP contribution in [0.4, 0.5) is 0 Å². The molecule has 0 radical (unpaired) electrons. The molecule has 0 spiro atoms. The first-order valence-corrected chi connectivity index (χ1v) is 8.33. The lowest BCUT2D eigenvalue weighted by molar-refractivity contribution is -0.121. The van der Waals surface area contributed by atoms with E-state index in [4.69, 9.17) is 13.9 Å². The fourth-order valence-electron chi connectivity index (χ4n) is 2.49. The molecule has 122 valence electrons. The van der Waals surface area contributed by atoms with Gasteiger partial charge in [0.05, 0.1) is 12.3 Å². The Morgan fingerprint density at radius 3 is 2.74 bits per heavy atom. The lowest BCUT2D eigenvalue weighted by Gasteiger charge is -2.22. The summed E-state index contributed by atoms with van der Waals surface area (Å²) in [5, 5.41) is 3.00. The number of aryl methyl sites for hydroxylation is 1. The summed E-state index contributed by atoms with van der Waals surface area (Å²) in [6.07, 6.45) is 2.59. The molecule has 1 aliphatic heterocycles. The molecule has 1 aromatic heterocycles. The summed E-state index contributed by atoms with van der Waals surface area (Å²) in [7, 11) is 0. The van der Waals surface area contributed by atoms with Crippen LogP contribution in [0.5, 0.6) is 11.5 Å². The summed E-state index contributed by atoms with van der Waals surface area (Å²) >= 11 is 3.53. The van der Waals surface area contributed by atoms with Gasteiger partial charge in [-0.25, -0.2) is 0 Å². The second-order valence-electron chi connectivity index (χ2n) is 5.39. The van der Waals surface area contributed by atoms with E-state index < -0.39 is 0 Å². The third-order valence-electron chi connectivity index (χ3n) is 3.68. The van der Waals surface area contributed by atoms with Crippen LogP contribution in [0.15, 0.2) is 39.4 Å². The van der Waals surface area contributed by atoms with Gasteiger partial charge in [-0.3, -0.25) is 4.79 Å². The van der Waals surface area contributed by atoms with E-state index in [9.17, 15) is 4.79 Å². The minimum Gasteiger partial charge on any atom is -0.486 e. The van der Waals surface area contributed by atoms with Crippen molar-refractivity contribution < 1.29 is 18.7 Å². The van der Waals surface area contributed by atoms with Crippen LogP contribution in [0.25, 0.3) is 0 Å². The molecule has 1 unspecified atom stereocenters. The maximum Gasteiger partial charge on any atom is 0.220 e. The third kappa shape index (κ3) is 3.88. The molecule has 1 aromatic carbocycles. The van der Waals surface area contributed by atoms with Crippen molar-refractivity contribution in [2.75, 3.05) is 13.2 Å². The molecular formula is C17H18BrNO4. The number of nitrogens with one attached hydrogen (secondary N) is 1. The van der Waals surface area contributed by atoms with E-state index >= 15 is 0 Å². The topological polar surface area (TPSA) is 60.7 Å². The molecule has 3 rings (SSSR count). The van der Waals surface area contributed by atoms with Gasteiger partial charge in [0, 0.05) is 17.3 Å². The average Bonchev–Trinajstić information content (AvgIpc) is 3.05. The molecule has 1 atom stereocenters. The fraction of sp³-hybridized carbons (Fsp3) is 0.353.